The first-order valence-electron chi connectivity index (χ1n) is 6.44. The number of ketones is 1. The summed E-state index contributed by atoms with van der Waals surface area (Å²) in [6.45, 7) is 2.06. The van der Waals surface area contributed by atoms with Crippen LogP contribution < -0.4 is 5.32 Å². The Morgan fingerprint density at radius 3 is 3.06 bits per heavy atom. The van der Waals surface area contributed by atoms with E-state index in [9.17, 15) is 4.79 Å². The van der Waals surface area contributed by atoms with Gasteiger partial charge in [-0.3, -0.25) is 4.79 Å². The number of carbonyl (C=O) groups excluding carboxylic acids is 1. The van der Waals surface area contributed by atoms with Gasteiger partial charge < -0.3 is 5.32 Å². The maximum atomic E-state index is 11.7. The number of Topliss-reactive ketones (excluding diaryl/α,β-unsaturated/α-hetero) is 1. The van der Waals surface area contributed by atoms with Crippen LogP contribution in [0.2, 0.25) is 0 Å². The average Bonchev–Trinajstić information content (AvgIpc) is 2.40. The number of hydrogen-bond acceptors (Lipinski definition) is 4. The second-order valence-corrected chi connectivity index (χ2v) is 4.91. The van der Waals surface area contributed by atoms with Crippen LogP contribution in [-0.4, -0.2) is 28.8 Å². The molecular weight excluding hydrogens is 214 g/mol. The molecule has 0 bridgehead atoms. The quantitative estimate of drug-likeness (QED) is 0.795. The number of nitrogens with zero attached hydrogens (tertiary/aromatic N) is 2. The van der Waals surface area contributed by atoms with Gasteiger partial charge >= 0.3 is 0 Å². The van der Waals surface area contributed by atoms with Gasteiger partial charge in [0.2, 0.25) is 0 Å². The molecule has 1 N–H and O–H groups in total. The summed E-state index contributed by atoms with van der Waals surface area (Å²) in [6.07, 6.45) is 6.60. The fourth-order valence-electron chi connectivity index (χ4n) is 2.68. The molecule has 0 saturated carbocycles. The van der Waals surface area contributed by atoms with Crippen LogP contribution in [0.15, 0.2) is 6.20 Å². The van der Waals surface area contributed by atoms with Gasteiger partial charge in [0.1, 0.15) is 5.82 Å². The topological polar surface area (TPSA) is 54.9 Å². The molecule has 3 rings (SSSR count). The third-order valence-electron chi connectivity index (χ3n) is 3.67. The van der Waals surface area contributed by atoms with Crippen molar-refractivity contribution in [2.45, 2.75) is 38.0 Å². The van der Waals surface area contributed by atoms with Crippen molar-refractivity contribution in [3.05, 3.63) is 23.3 Å². The van der Waals surface area contributed by atoms with E-state index in [2.05, 4.69) is 15.3 Å². The molecule has 1 unspecified atom stereocenters. The summed E-state index contributed by atoms with van der Waals surface area (Å²) in [5.74, 6) is 1.55. The van der Waals surface area contributed by atoms with Gasteiger partial charge in [0.15, 0.2) is 5.78 Å². The van der Waals surface area contributed by atoms with Crippen molar-refractivity contribution in [2.24, 2.45) is 0 Å². The zero-order valence-electron chi connectivity index (χ0n) is 9.91. The van der Waals surface area contributed by atoms with Crippen LogP contribution in [0.3, 0.4) is 0 Å². The predicted octanol–water partition coefficient (Wildman–Crippen LogP) is 1.46. The molecule has 2 aliphatic rings. The normalized spacial score (nSPS) is 24.5. The van der Waals surface area contributed by atoms with E-state index in [0.29, 0.717) is 12.3 Å². The van der Waals surface area contributed by atoms with Crippen LogP contribution >= 0.6 is 0 Å². The van der Waals surface area contributed by atoms with Crippen molar-refractivity contribution in [3.63, 3.8) is 0 Å². The first-order valence-corrected chi connectivity index (χ1v) is 6.44. The number of nitrogens with one attached hydrogen (secondary N) is 1. The molecule has 2 heterocycles. The fraction of sp³-hybridized carbons (Fsp3) is 0.615. The molecule has 4 heteroatoms. The van der Waals surface area contributed by atoms with E-state index < -0.39 is 0 Å². The van der Waals surface area contributed by atoms with Crippen LogP contribution in [0.4, 0.5) is 0 Å². The van der Waals surface area contributed by atoms with Gasteiger partial charge in [-0.15, -0.1) is 0 Å². The highest BCUT2D eigenvalue weighted by molar-refractivity contribution is 5.97. The lowest BCUT2D eigenvalue weighted by molar-refractivity contribution is 0.0971. The summed E-state index contributed by atoms with van der Waals surface area (Å²) >= 11 is 0. The number of piperidine rings is 1. The molecule has 90 valence electrons. The Morgan fingerprint density at radius 1 is 1.29 bits per heavy atom. The van der Waals surface area contributed by atoms with Crippen LogP contribution in [0, 0.1) is 0 Å². The van der Waals surface area contributed by atoms with Gasteiger partial charge in [-0.2, -0.15) is 0 Å². The lowest BCUT2D eigenvalue weighted by Gasteiger charge is -2.22. The second kappa shape index (κ2) is 4.53. The molecule has 0 amide bonds. The molecule has 1 atom stereocenters. The van der Waals surface area contributed by atoms with Gasteiger partial charge in [0.25, 0.3) is 0 Å². The van der Waals surface area contributed by atoms with Gasteiger partial charge in [-0.05, 0) is 32.2 Å². The highest BCUT2D eigenvalue weighted by Gasteiger charge is 2.23. The average molecular weight is 231 g/mol. The van der Waals surface area contributed by atoms with Crippen LogP contribution in [0.5, 0.6) is 0 Å². The van der Waals surface area contributed by atoms with Gasteiger partial charge in [0.05, 0.1) is 11.3 Å². The lowest BCUT2D eigenvalue weighted by Crippen LogP contribution is -2.30. The van der Waals surface area contributed by atoms with E-state index in [-0.39, 0.29) is 5.78 Å². The van der Waals surface area contributed by atoms with E-state index in [1.165, 1.54) is 6.42 Å². The van der Waals surface area contributed by atoms with E-state index in [4.69, 9.17) is 0 Å². The Morgan fingerprint density at radius 2 is 2.24 bits per heavy atom. The summed E-state index contributed by atoms with van der Waals surface area (Å²) in [6, 6.07) is 0. The minimum Gasteiger partial charge on any atom is -0.316 e. The Hall–Kier alpha value is -1.29. The minimum absolute atomic E-state index is 0.208. The highest BCUT2D eigenvalue weighted by atomic mass is 16.1. The fourth-order valence-corrected chi connectivity index (χ4v) is 2.68. The molecule has 0 radical (unpaired) electrons. The summed E-state index contributed by atoms with van der Waals surface area (Å²) < 4.78 is 0. The number of fused-ring (bicyclic) bond motifs is 1. The molecular formula is C13H17N3O. The van der Waals surface area contributed by atoms with Crippen LogP contribution in [0.1, 0.15) is 53.5 Å². The van der Waals surface area contributed by atoms with E-state index in [1.807, 2.05) is 0 Å². The molecule has 0 spiro atoms. The Kier molecular flexibility index (Phi) is 2.89. The van der Waals surface area contributed by atoms with Crippen molar-refractivity contribution in [1.29, 1.82) is 0 Å². The molecule has 1 aliphatic carbocycles. The highest BCUT2D eigenvalue weighted by Crippen LogP contribution is 2.24. The molecule has 1 aromatic rings. The van der Waals surface area contributed by atoms with Gasteiger partial charge in [0, 0.05) is 25.1 Å². The zero-order chi connectivity index (χ0) is 11.7. The largest absolute Gasteiger partial charge is 0.316 e. The van der Waals surface area contributed by atoms with Gasteiger partial charge in [-0.1, -0.05) is 0 Å². The molecule has 17 heavy (non-hydrogen) atoms. The summed E-state index contributed by atoms with van der Waals surface area (Å²) in [5, 5.41) is 3.38. The van der Waals surface area contributed by atoms with Gasteiger partial charge in [-0.25, -0.2) is 9.97 Å². The zero-order valence-corrected chi connectivity index (χ0v) is 9.91. The summed E-state index contributed by atoms with van der Waals surface area (Å²) in [5.41, 5.74) is 1.72. The number of carbonyl (C=O) groups is 1. The Balaban J connectivity index is 1.89. The number of hydrogen-bond donors (Lipinski definition) is 1. The van der Waals surface area contributed by atoms with E-state index in [1.54, 1.807) is 6.20 Å². The third kappa shape index (κ3) is 2.09. The van der Waals surface area contributed by atoms with Crippen molar-refractivity contribution in [1.82, 2.24) is 15.3 Å². The van der Waals surface area contributed by atoms with Crippen LogP contribution in [-0.2, 0) is 6.42 Å². The maximum absolute atomic E-state index is 11.7. The maximum Gasteiger partial charge on any atom is 0.166 e. The Labute approximate surface area is 101 Å². The first-order chi connectivity index (χ1) is 8.34. The molecule has 0 aromatic carbocycles. The standard InChI is InChI=1S/C13H17N3O/c17-12-5-1-4-11-10(12)8-15-13(16-11)9-3-2-6-14-7-9/h8-9,14H,1-7H2. The number of aromatic nitrogens is 2. The molecule has 4 nitrogen and oxygen atoms in total. The minimum atomic E-state index is 0.208. The van der Waals surface area contributed by atoms with E-state index in [0.717, 1.165) is 49.4 Å². The number of aryl methyl sites for hydroxylation is 1. The summed E-state index contributed by atoms with van der Waals surface area (Å²) in [7, 11) is 0. The van der Waals surface area contributed by atoms with Crippen molar-refractivity contribution >= 4 is 5.78 Å². The smallest absolute Gasteiger partial charge is 0.166 e. The Bertz CT molecular complexity index is 438. The van der Waals surface area contributed by atoms with E-state index >= 15 is 0 Å². The SMILES string of the molecule is O=C1CCCc2nc(C3CCCNC3)ncc21. The second-order valence-electron chi connectivity index (χ2n) is 4.91. The van der Waals surface area contributed by atoms with Crippen molar-refractivity contribution in [3.8, 4) is 0 Å². The molecule has 1 aliphatic heterocycles. The monoisotopic (exact) mass is 231 g/mol. The number of rotatable bonds is 1. The molecule has 1 fully saturated rings. The lowest BCUT2D eigenvalue weighted by atomic mass is 9.94. The summed E-state index contributed by atoms with van der Waals surface area (Å²) in [4.78, 5) is 20.7. The van der Waals surface area contributed by atoms with Crippen molar-refractivity contribution < 1.29 is 4.79 Å². The molecule has 1 saturated heterocycles. The predicted molar refractivity (Wildman–Crippen MR) is 64.1 cm³/mol. The third-order valence-corrected chi connectivity index (χ3v) is 3.67. The van der Waals surface area contributed by atoms with Crippen molar-refractivity contribution in [2.75, 3.05) is 13.1 Å². The van der Waals surface area contributed by atoms with Crippen LogP contribution in [0.25, 0.3) is 0 Å². The molecule has 1 aromatic heterocycles. The first kappa shape index (κ1) is 10.8.